The summed E-state index contributed by atoms with van der Waals surface area (Å²) < 4.78 is 50.6. The Balaban J connectivity index is 3.22. The van der Waals surface area contributed by atoms with Gasteiger partial charge in [0.1, 0.15) is 11.4 Å². The topological polar surface area (TPSA) is 26.0 Å². The highest BCUT2D eigenvalue weighted by Crippen LogP contribution is 2.36. The zero-order valence-corrected chi connectivity index (χ0v) is 8.32. The molecule has 0 aliphatic heterocycles. The fourth-order valence-corrected chi connectivity index (χ4v) is 1.08. The third-order valence-electron chi connectivity index (χ3n) is 2.36. The van der Waals surface area contributed by atoms with E-state index in [1.807, 2.05) is 0 Å². The van der Waals surface area contributed by atoms with E-state index in [0.717, 1.165) is 13.0 Å². The third-order valence-corrected chi connectivity index (χ3v) is 2.36. The summed E-state index contributed by atoms with van der Waals surface area (Å²) in [5, 5.41) is 0. The maximum Gasteiger partial charge on any atom is 0.410 e. The molecular weight excluding hydrogens is 210 g/mol. The Morgan fingerprint density at radius 1 is 1.20 bits per heavy atom. The van der Waals surface area contributed by atoms with Gasteiger partial charge >= 0.3 is 6.18 Å². The Hall–Kier alpha value is -1.10. The molecule has 5 heteroatoms. The molecule has 0 aliphatic rings. The van der Waals surface area contributed by atoms with Gasteiger partial charge in [0.2, 0.25) is 0 Å². The van der Waals surface area contributed by atoms with Crippen LogP contribution >= 0.6 is 0 Å². The van der Waals surface area contributed by atoms with Crippen molar-refractivity contribution in [2.24, 2.45) is 5.73 Å². The first-order valence-electron chi connectivity index (χ1n) is 4.28. The van der Waals surface area contributed by atoms with E-state index in [4.69, 9.17) is 5.73 Å². The summed E-state index contributed by atoms with van der Waals surface area (Å²) in [5.41, 5.74) is 2.63. The van der Waals surface area contributed by atoms with Crippen molar-refractivity contribution in [3.8, 4) is 0 Å². The molecule has 1 nitrogen and oxygen atoms in total. The van der Waals surface area contributed by atoms with E-state index in [0.29, 0.717) is 0 Å². The molecule has 15 heavy (non-hydrogen) atoms. The molecule has 0 aliphatic carbocycles. The summed E-state index contributed by atoms with van der Waals surface area (Å²) in [6.07, 6.45) is -4.60. The molecule has 1 atom stereocenters. The van der Waals surface area contributed by atoms with Crippen LogP contribution in [0.2, 0.25) is 0 Å². The van der Waals surface area contributed by atoms with E-state index in [2.05, 4.69) is 0 Å². The van der Waals surface area contributed by atoms with Gasteiger partial charge in [-0.1, -0.05) is 12.1 Å². The lowest BCUT2D eigenvalue weighted by Crippen LogP contribution is -2.47. The monoisotopic (exact) mass is 221 g/mol. The molecule has 1 unspecified atom stereocenters. The number of halogens is 4. The Kier molecular flexibility index (Phi) is 2.78. The van der Waals surface area contributed by atoms with Crippen molar-refractivity contribution in [3.05, 3.63) is 35.1 Å². The summed E-state index contributed by atoms with van der Waals surface area (Å²) in [4.78, 5) is 0. The Bertz CT molecular complexity index is 368. The van der Waals surface area contributed by atoms with Gasteiger partial charge in [0.25, 0.3) is 0 Å². The molecule has 0 saturated carbocycles. The van der Waals surface area contributed by atoms with Crippen molar-refractivity contribution in [3.63, 3.8) is 0 Å². The first-order valence-corrected chi connectivity index (χ1v) is 4.28. The molecule has 1 aromatic carbocycles. The number of alkyl halides is 3. The average Bonchev–Trinajstić information content (AvgIpc) is 2.07. The largest absolute Gasteiger partial charge is 0.410 e. The first kappa shape index (κ1) is 12.0. The van der Waals surface area contributed by atoms with Gasteiger partial charge in [-0.2, -0.15) is 13.2 Å². The van der Waals surface area contributed by atoms with Crippen LogP contribution in [0.4, 0.5) is 17.6 Å². The summed E-state index contributed by atoms with van der Waals surface area (Å²) in [7, 11) is 0. The van der Waals surface area contributed by atoms with Gasteiger partial charge in [0.05, 0.1) is 0 Å². The van der Waals surface area contributed by atoms with Gasteiger partial charge < -0.3 is 5.73 Å². The second kappa shape index (κ2) is 3.48. The molecule has 0 radical (unpaired) electrons. The highest BCUT2D eigenvalue weighted by molar-refractivity contribution is 5.29. The van der Waals surface area contributed by atoms with Crippen molar-refractivity contribution in [2.75, 3.05) is 0 Å². The second-order valence-electron chi connectivity index (χ2n) is 3.66. The van der Waals surface area contributed by atoms with Crippen LogP contribution in [-0.4, -0.2) is 6.18 Å². The minimum atomic E-state index is -4.60. The minimum Gasteiger partial charge on any atom is -0.314 e. The van der Waals surface area contributed by atoms with E-state index >= 15 is 0 Å². The fourth-order valence-electron chi connectivity index (χ4n) is 1.08. The predicted octanol–water partition coefficient (Wildman–Crippen LogP) is 2.87. The van der Waals surface area contributed by atoms with Crippen molar-refractivity contribution in [1.82, 2.24) is 0 Å². The number of nitrogens with two attached hydrogens (primary N) is 1. The molecule has 0 spiro atoms. The van der Waals surface area contributed by atoms with E-state index < -0.39 is 17.5 Å². The lowest BCUT2D eigenvalue weighted by Gasteiger charge is -2.28. The number of hydrogen-bond donors (Lipinski definition) is 1. The van der Waals surface area contributed by atoms with Crippen LogP contribution in [0.5, 0.6) is 0 Å². The van der Waals surface area contributed by atoms with Gasteiger partial charge in [0, 0.05) is 0 Å². The van der Waals surface area contributed by atoms with E-state index in [9.17, 15) is 17.6 Å². The molecule has 0 aromatic heterocycles. The van der Waals surface area contributed by atoms with E-state index in [1.54, 1.807) is 0 Å². The molecule has 84 valence electrons. The lowest BCUT2D eigenvalue weighted by atomic mass is 9.92. The smallest absolute Gasteiger partial charge is 0.314 e. The number of benzene rings is 1. The van der Waals surface area contributed by atoms with Crippen LogP contribution in [0.15, 0.2) is 18.2 Å². The van der Waals surface area contributed by atoms with Crippen molar-refractivity contribution < 1.29 is 17.6 Å². The SMILES string of the molecule is Cc1ccc(C(C)(N)C(F)(F)F)cc1F. The van der Waals surface area contributed by atoms with Crippen molar-refractivity contribution in [1.29, 1.82) is 0 Å². The minimum absolute atomic E-state index is 0.280. The molecular formula is C10H11F4N. The molecule has 0 amide bonds. The molecule has 2 N–H and O–H groups in total. The maximum atomic E-state index is 13.1. The highest BCUT2D eigenvalue weighted by Gasteiger charge is 2.49. The molecule has 0 fully saturated rings. The van der Waals surface area contributed by atoms with Crippen LogP contribution < -0.4 is 5.73 Å². The Labute approximate surface area is 84.9 Å². The quantitative estimate of drug-likeness (QED) is 0.725. The third kappa shape index (κ3) is 2.12. The second-order valence-corrected chi connectivity index (χ2v) is 3.66. The molecule has 0 saturated heterocycles. The zero-order chi connectivity index (χ0) is 11.9. The van der Waals surface area contributed by atoms with E-state index in [1.165, 1.54) is 19.1 Å². The first-order chi connectivity index (χ1) is 6.66. The van der Waals surface area contributed by atoms with Crippen LogP contribution in [0.3, 0.4) is 0 Å². The van der Waals surface area contributed by atoms with Crippen LogP contribution in [0.1, 0.15) is 18.1 Å². The molecule has 1 aromatic rings. The molecule has 1 rings (SSSR count). The Morgan fingerprint density at radius 2 is 1.73 bits per heavy atom. The number of rotatable bonds is 1. The standard InChI is InChI=1S/C10H11F4N/c1-6-3-4-7(5-8(6)11)9(2,15)10(12,13)14/h3-5H,15H2,1-2H3. The van der Waals surface area contributed by atoms with Crippen molar-refractivity contribution >= 4 is 0 Å². The van der Waals surface area contributed by atoms with Crippen LogP contribution in [0.25, 0.3) is 0 Å². The Morgan fingerprint density at radius 3 is 2.13 bits per heavy atom. The summed E-state index contributed by atoms with van der Waals surface area (Å²) >= 11 is 0. The summed E-state index contributed by atoms with van der Waals surface area (Å²) in [5.74, 6) is -0.687. The van der Waals surface area contributed by atoms with Gasteiger partial charge in [0.15, 0.2) is 0 Å². The maximum absolute atomic E-state index is 13.1. The van der Waals surface area contributed by atoms with Gasteiger partial charge in [-0.3, -0.25) is 0 Å². The van der Waals surface area contributed by atoms with Gasteiger partial charge in [-0.15, -0.1) is 0 Å². The van der Waals surface area contributed by atoms with Crippen LogP contribution in [-0.2, 0) is 5.54 Å². The van der Waals surface area contributed by atoms with Crippen molar-refractivity contribution in [2.45, 2.75) is 25.6 Å². The normalized spacial score (nSPS) is 16.2. The molecule has 0 heterocycles. The average molecular weight is 221 g/mol. The predicted molar refractivity (Wildman–Crippen MR) is 48.7 cm³/mol. The number of aryl methyl sites for hydroxylation is 1. The summed E-state index contributed by atoms with van der Waals surface area (Å²) in [6.45, 7) is 2.29. The highest BCUT2D eigenvalue weighted by atomic mass is 19.4. The van der Waals surface area contributed by atoms with Gasteiger partial charge in [-0.05, 0) is 31.0 Å². The van der Waals surface area contributed by atoms with Gasteiger partial charge in [-0.25, -0.2) is 4.39 Å². The lowest BCUT2D eigenvalue weighted by molar-refractivity contribution is -0.184. The van der Waals surface area contributed by atoms with E-state index in [-0.39, 0.29) is 11.1 Å². The fraction of sp³-hybridized carbons (Fsp3) is 0.400. The summed E-state index contributed by atoms with van der Waals surface area (Å²) in [6, 6.07) is 3.29. The zero-order valence-electron chi connectivity index (χ0n) is 8.32. The van der Waals surface area contributed by atoms with Crippen LogP contribution in [0, 0.1) is 12.7 Å². The number of hydrogen-bond acceptors (Lipinski definition) is 1. The molecule has 0 bridgehead atoms.